The van der Waals surface area contributed by atoms with Gasteiger partial charge in [0.05, 0.1) is 11.2 Å². The van der Waals surface area contributed by atoms with E-state index in [1.165, 1.54) is 21.3 Å². The highest BCUT2D eigenvalue weighted by Gasteiger charge is 2.29. The Hall–Kier alpha value is -4.46. The van der Waals surface area contributed by atoms with E-state index in [4.69, 9.17) is 0 Å². The van der Waals surface area contributed by atoms with E-state index in [2.05, 4.69) is 70.2 Å². The molecule has 1 aliphatic heterocycles. The van der Waals surface area contributed by atoms with Gasteiger partial charge in [-0.1, -0.05) is 48.5 Å². The standard InChI is InChI=1S/C29H26N6O/c1-20-18-35(28-25(17-31)29(36)33(2)26-12-11-24(16-30)32-27(26)28)14-13-34(20)19-21-7-6-10-23(15-21)22-8-4-3-5-9-22/h3-12,15,20H,13-14,18-19H2,1-2H3/t20-/m1/s1. The van der Waals surface area contributed by atoms with Crippen LogP contribution >= 0.6 is 0 Å². The second-order valence-electron chi connectivity index (χ2n) is 9.21. The third kappa shape index (κ3) is 4.22. The third-order valence-corrected chi connectivity index (χ3v) is 6.94. The lowest BCUT2D eigenvalue weighted by molar-refractivity contribution is 0.181. The molecule has 3 heterocycles. The summed E-state index contributed by atoms with van der Waals surface area (Å²) in [6, 6.07) is 26.7. The van der Waals surface area contributed by atoms with Crippen LogP contribution in [-0.4, -0.2) is 40.1 Å². The van der Waals surface area contributed by atoms with E-state index in [1.54, 1.807) is 19.2 Å². The molecule has 0 N–H and O–H groups in total. The van der Waals surface area contributed by atoms with Crippen LogP contribution in [0, 0.1) is 22.7 Å². The highest BCUT2D eigenvalue weighted by molar-refractivity contribution is 5.92. The van der Waals surface area contributed by atoms with Crippen LogP contribution < -0.4 is 10.5 Å². The fourth-order valence-corrected chi connectivity index (χ4v) is 5.01. The molecule has 1 fully saturated rings. The summed E-state index contributed by atoms with van der Waals surface area (Å²) in [5.41, 5.74) is 5.29. The molecular weight excluding hydrogens is 448 g/mol. The zero-order valence-corrected chi connectivity index (χ0v) is 20.3. The molecule has 2 aromatic heterocycles. The van der Waals surface area contributed by atoms with E-state index in [0.29, 0.717) is 29.8 Å². The predicted octanol–water partition coefficient (Wildman–Crippen LogP) is 4.05. The molecule has 0 saturated carbocycles. The summed E-state index contributed by atoms with van der Waals surface area (Å²) < 4.78 is 1.44. The molecule has 5 rings (SSSR count). The van der Waals surface area contributed by atoms with E-state index in [0.717, 1.165) is 13.1 Å². The Balaban J connectivity index is 1.43. The van der Waals surface area contributed by atoms with Crippen molar-refractivity contribution >= 4 is 16.7 Å². The average Bonchev–Trinajstić information content (AvgIpc) is 2.92. The van der Waals surface area contributed by atoms with Crippen LogP contribution in [0.3, 0.4) is 0 Å². The van der Waals surface area contributed by atoms with Gasteiger partial charge in [0.15, 0.2) is 0 Å². The van der Waals surface area contributed by atoms with Crippen LogP contribution in [0.1, 0.15) is 23.7 Å². The third-order valence-electron chi connectivity index (χ3n) is 6.94. The van der Waals surface area contributed by atoms with E-state index in [9.17, 15) is 15.3 Å². The van der Waals surface area contributed by atoms with Crippen LogP contribution in [-0.2, 0) is 13.6 Å². The van der Waals surface area contributed by atoms with E-state index in [-0.39, 0.29) is 22.9 Å². The summed E-state index contributed by atoms with van der Waals surface area (Å²) in [4.78, 5) is 22.0. The largest absolute Gasteiger partial charge is 0.366 e. The molecule has 36 heavy (non-hydrogen) atoms. The van der Waals surface area contributed by atoms with Gasteiger partial charge in [0, 0.05) is 39.3 Å². The minimum absolute atomic E-state index is 0.0730. The number of benzene rings is 2. The molecule has 1 aliphatic rings. The van der Waals surface area contributed by atoms with Crippen molar-refractivity contribution in [1.82, 2.24) is 14.5 Å². The van der Waals surface area contributed by atoms with Gasteiger partial charge < -0.3 is 9.47 Å². The molecule has 0 bridgehead atoms. The molecule has 0 radical (unpaired) electrons. The Morgan fingerprint density at radius 1 is 0.972 bits per heavy atom. The van der Waals surface area contributed by atoms with Gasteiger partial charge in [-0.3, -0.25) is 9.69 Å². The summed E-state index contributed by atoms with van der Waals surface area (Å²) in [5.74, 6) is 0. The van der Waals surface area contributed by atoms with Gasteiger partial charge in [0.25, 0.3) is 5.56 Å². The van der Waals surface area contributed by atoms with Gasteiger partial charge in [-0.05, 0) is 41.8 Å². The zero-order valence-electron chi connectivity index (χ0n) is 20.3. The fraction of sp³-hybridized carbons (Fsp3) is 0.241. The smallest absolute Gasteiger partial charge is 0.270 e. The summed E-state index contributed by atoms with van der Waals surface area (Å²) in [5, 5.41) is 19.3. The molecular formula is C29H26N6O. The molecule has 1 atom stereocenters. The molecule has 7 heteroatoms. The van der Waals surface area contributed by atoms with Crippen molar-refractivity contribution in [3.8, 4) is 23.3 Å². The quantitative estimate of drug-likeness (QED) is 0.443. The van der Waals surface area contributed by atoms with Crippen molar-refractivity contribution in [3.63, 3.8) is 0 Å². The van der Waals surface area contributed by atoms with Crippen molar-refractivity contribution in [1.29, 1.82) is 10.5 Å². The molecule has 4 aromatic rings. The number of aryl methyl sites for hydroxylation is 1. The Morgan fingerprint density at radius 2 is 1.75 bits per heavy atom. The maximum Gasteiger partial charge on any atom is 0.270 e. The first-order chi connectivity index (χ1) is 17.5. The summed E-state index contributed by atoms with van der Waals surface area (Å²) in [6.45, 7) is 5.05. The summed E-state index contributed by atoms with van der Waals surface area (Å²) in [6.07, 6.45) is 0. The van der Waals surface area contributed by atoms with Crippen molar-refractivity contribution < 1.29 is 0 Å². The number of aromatic nitrogens is 2. The lowest BCUT2D eigenvalue weighted by Crippen LogP contribution is -2.52. The minimum Gasteiger partial charge on any atom is -0.366 e. The first-order valence-corrected chi connectivity index (χ1v) is 12.0. The molecule has 2 aromatic carbocycles. The second kappa shape index (κ2) is 9.65. The Labute approximate surface area is 210 Å². The number of anilines is 1. The molecule has 178 valence electrons. The fourth-order valence-electron chi connectivity index (χ4n) is 5.01. The first kappa shape index (κ1) is 23.3. The topological polar surface area (TPSA) is 88.9 Å². The number of rotatable bonds is 4. The molecule has 0 unspecified atom stereocenters. The summed E-state index contributed by atoms with van der Waals surface area (Å²) in [7, 11) is 1.63. The highest BCUT2D eigenvalue weighted by Crippen LogP contribution is 2.30. The number of hydrogen-bond donors (Lipinski definition) is 0. The lowest BCUT2D eigenvalue weighted by Gasteiger charge is -2.41. The maximum atomic E-state index is 13.0. The number of nitrogens with zero attached hydrogens (tertiary/aromatic N) is 6. The van der Waals surface area contributed by atoms with Gasteiger partial charge in [-0.2, -0.15) is 10.5 Å². The molecule has 7 nitrogen and oxygen atoms in total. The Bertz CT molecular complexity index is 1580. The monoisotopic (exact) mass is 474 g/mol. The zero-order chi connectivity index (χ0) is 25.2. The van der Waals surface area contributed by atoms with Gasteiger partial charge in [-0.25, -0.2) is 4.98 Å². The highest BCUT2D eigenvalue weighted by atomic mass is 16.1. The number of nitriles is 2. The minimum atomic E-state index is -0.348. The van der Waals surface area contributed by atoms with Gasteiger partial charge >= 0.3 is 0 Å². The van der Waals surface area contributed by atoms with Crippen LogP contribution in [0.15, 0.2) is 71.5 Å². The van der Waals surface area contributed by atoms with E-state index in [1.807, 2.05) is 18.2 Å². The Morgan fingerprint density at radius 3 is 2.47 bits per heavy atom. The normalized spacial score (nSPS) is 16.0. The number of hydrogen-bond acceptors (Lipinski definition) is 6. The van der Waals surface area contributed by atoms with Gasteiger partial charge in [0.1, 0.15) is 28.9 Å². The number of fused-ring (bicyclic) bond motifs is 1. The lowest BCUT2D eigenvalue weighted by atomic mass is 10.0. The van der Waals surface area contributed by atoms with Gasteiger partial charge in [-0.15, -0.1) is 0 Å². The van der Waals surface area contributed by atoms with Crippen molar-refractivity contribution in [2.45, 2.75) is 19.5 Å². The molecule has 0 amide bonds. The first-order valence-electron chi connectivity index (χ1n) is 12.0. The van der Waals surface area contributed by atoms with Crippen molar-refractivity contribution in [3.05, 3.63) is 93.9 Å². The van der Waals surface area contributed by atoms with Crippen molar-refractivity contribution in [2.24, 2.45) is 7.05 Å². The number of piperazine rings is 1. The number of pyridine rings is 2. The van der Waals surface area contributed by atoms with E-state index < -0.39 is 0 Å². The van der Waals surface area contributed by atoms with Crippen molar-refractivity contribution in [2.75, 3.05) is 24.5 Å². The maximum absolute atomic E-state index is 13.0. The van der Waals surface area contributed by atoms with Gasteiger partial charge in [0.2, 0.25) is 0 Å². The summed E-state index contributed by atoms with van der Waals surface area (Å²) >= 11 is 0. The molecule has 0 aliphatic carbocycles. The van der Waals surface area contributed by atoms with Crippen LogP contribution in [0.5, 0.6) is 0 Å². The van der Waals surface area contributed by atoms with Crippen LogP contribution in [0.2, 0.25) is 0 Å². The SMILES string of the molecule is C[C@@H]1CN(c2c(C#N)c(=O)n(C)c3ccc(C#N)nc23)CCN1Cc1cccc(-c2ccccc2)c1. The van der Waals surface area contributed by atoms with E-state index >= 15 is 0 Å². The molecule has 0 spiro atoms. The predicted molar refractivity (Wildman–Crippen MR) is 140 cm³/mol. The Kier molecular flexibility index (Phi) is 6.25. The average molecular weight is 475 g/mol. The second-order valence-corrected chi connectivity index (χ2v) is 9.21. The molecule has 1 saturated heterocycles. The van der Waals surface area contributed by atoms with Crippen LogP contribution in [0.25, 0.3) is 22.2 Å². The van der Waals surface area contributed by atoms with Crippen LogP contribution in [0.4, 0.5) is 5.69 Å².